The van der Waals surface area contributed by atoms with Gasteiger partial charge in [0, 0.05) is 17.4 Å². The molecule has 1 aromatic heterocycles. The average Bonchev–Trinajstić information content (AvgIpc) is 2.94. The van der Waals surface area contributed by atoms with Gasteiger partial charge in [-0.05, 0) is 42.6 Å². The molecule has 0 unspecified atom stereocenters. The van der Waals surface area contributed by atoms with Crippen LogP contribution in [0.3, 0.4) is 0 Å². The van der Waals surface area contributed by atoms with Crippen molar-refractivity contribution < 1.29 is 9.53 Å². The second-order valence-corrected chi connectivity index (χ2v) is 4.93. The Kier molecular flexibility index (Phi) is 3.60. The number of aromatic amines is 1. The molecule has 21 heavy (non-hydrogen) atoms. The van der Waals surface area contributed by atoms with Crippen molar-refractivity contribution in [3.63, 3.8) is 0 Å². The van der Waals surface area contributed by atoms with Crippen molar-refractivity contribution in [2.45, 2.75) is 6.92 Å². The fraction of sp³-hybridized carbons (Fsp3) is 0.118. The van der Waals surface area contributed by atoms with Crippen molar-refractivity contribution >= 4 is 22.5 Å². The van der Waals surface area contributed by atoms with Crippen LogP contribution in [-0.4, -0.2) is 17.5 Å². The molecule has 2 aromatic carbocycles. The van der Waals surface area contributed by atoms with E-state index in [1.165, 1.54) is 0 Å². The number of amides is 1. The molecule has 0 atom stereocenters. The number of hydrogen-bond donors (Lipinski definition) is 2. The minimum absolute atomic E-state index is 0.00811. The summed E-state index contributed by atoms with van der Waals surface area (Å²) < 4.78 is 5.45. The van der Waals surface area contributed by atoms with Gasteiger partial charge in [0.1, 0.15) is 5.75 Å². The molecule has 0 spiro atoms. The Morgan fingerprint density at radius 1 is 1.14 bits per heavy atom. The van der Waals surface area contributed by atoms with Gasteiger partial charge in [0.15, 0.2) is 6.61 Å². The number of nitrogens with one attached hydrogen (secondary N) is 2. The molecule has 4 heteroatoms. The second-order valence-electron chi connectivity index (χ2n) is 4.93. The van der Waals surface area contributed by atoms with E-state index in [9.17, 15) is 4.79 Å². The zero-order chi connectivity index (χ0) is 14.7. The number of benzene rings is 2. The molecule has 0 aliphatic heterocycles. The normalized spacial score (nSPS) is 10.5. The fourth-order valence-corrected chi connectivity index (χ4v) is 2.11. The van der Waals surface area contributed by atoms with Gasteiger partial charge in [0.05, 0.1) is 0 Å². The number of aryl methyl sites for hydroxylation is 1. The lowest BCUT2D eigenvalue weighted by Gasteiger charge is -2.08. The molecule has 4 nitrogen and oxygen atoms in total. The van der Waals surface area contributed by atoms with Gasteiger partial charge < -0.3 is 15.0 Å². The van der Waals surface area contributed by atoms with Crippen molar-refractivity contribution in [3.8, 4) is 5.75 Å². The average molecular weight is 280 g/mol. The highest BCUT2D eigenvalue weighted by Gasteiger charge is 2.04. The molecule has 106 valence electrons. The third-order valence-electron chi connectivity index (χ3n) is 3.23. The predicted octanol–water partition coefficient (Wildman–Crippen LogP) is 3.49. The van der Waals surface area contributed by atoms with E-state index in [1.807, 2.05) is 61.7 Å². The lowest BCUT2D eigenvalue weighted by molar-refractivity contribution is -0.118. The van der Waals surface area contributed by atoms with Crippen LogP contribution in [0.5, 0.6) is 5.75 Å². The maximum absolute atomic E-state index is 11.9. The number of aromatic nitrogens is 1. The van der Waals surface area contributed by atoms with Crippen LogP contribution in [0.1, 0.15) is 5.56 Å². The summed E-state index contributed by atoms with van der Waals surface area (Å²) in [4.78, 5) is 15.0. The van der Waals surface area contributed by atoms with Gasteiger partial charge in [-0.3, -0.25) is 4.79 Å². The lowest BCUT2D eigenvalue weighted by Crippen LogP contribution is -2.20. The van der Waals surface area contributed by atoms with Crippen molar-refractivity contribution in [1.29, 1.82) is 0 Å². The van der Waals surface area contributed by atoms with Crippen LogP contribution in [0.2, 0.25) is 0 Å². The summed E-state index contributed by atoms with van der Waals surface area (Å²) in [7, 11) is 0. The Bertz CT molecular complexity index is 760. The molecule has 0 aliphatic carbocycles. The number of ether oxygens (including phenoxy) is 1. The molecule has 0 saturated carbocycles. The first-order chi connectivity index (χ1) is 10.2. The Balaban J connectivity index is 1.59. The lowest BCUT2D eigenvalue weighted by atomic mass is 10.2. The third kappa shape index (κ3) is 3.23. The molecule has 0 bridgehead atoms. The molecule has 1 heterocycles. The maximum Gasteiger partial charge on any atom is 0.262 e. The SMILES string of the molecule is Cc1ccc(OCC(=O)Nc2ccc3cc[nH]c3c2)cc1. The van der Waals surface area contributed by atoms with Gasteiger partial charge in [0.25, 0.3) is 5.91 Å². The molecule has 2 N–H and O–H groups in total. The Morgan fingerprint density at radius 2 is 1.95 bits per heavy atom. The fourth-order valence-electron chi connectivity index (χ4n) is 2.11. The second kappa shape index (κ2) is 5.71. The molecular weight excluding hydrogens is 264 g/mol. The van der Waals surface area contributed by atoms with Gasteiger partial charge in [-0.2, -0.15) is 0 Å². The van der Waals surface area contributed by atoms with E-state index >= 15 is 0 Å². The largest absolute Gasteiger partial charge is 0.484 e. The van der Waals surface area contributed by atoms with Crippen LogP contribution in [-0.2, 0) is 4.79 Å². The van der Waals surface area contributed by atoms with E-state index in [1.54, 1.807) is 0 Å². The number of hydrogen-bond acceptors (Lipinski definition) is 2. The van der Waals surface area contributed by atoms with Gasteiger partial charge in [0.2, 0.25) is 0 Å². The van der Waals surface area contributed by atoms with E-state index in [-0.39, 0.29) is 12.5 Å². The van der Waals surface area contributed by atoms with Gasteiger partial charge in [-0.25, -0.2) is 0 Å². The molecule has 0 aliphatic rings. The number of anilines is 1. The summed E-state index contributed by atoms with van der Waals surface area (Å²) >= 11 is 0. The van der Waals surface area contributed by atoms with E-state index in [4.69, 9.17) is 4.74 Å². The highest BCUT2D eigenvalue weighted by atomic mass is 16.5. The zero-order valence-corrected chi connectivity index (χ0v) is 11.7. The molecule has 0 radical (unpaired) electrons. The Hall–Kier alpha value is -2.75. The molecular formula is C17H16N2O2. The molecule has 0 fully saturated rings. The summed E-state index contributed by atoms with van der Waals surface area (Å²) in [6.07, 6.45) is 1.87. The monoisotopic (exact) mass is 280 g/mol. The summed E-state index contributed by atoms with van der Waals surface area (Å²) in [5.74, 6) is 0.511. The molecule has 1 amide bonds. The first kappa shape index (κ1) is 13.2. The topological polar surface area (TPSA) is 54.1 Å². The van der Waals surface area contributed by atoms with Crippen LogP contribution < -0.4 is 10.1 Å². The van der Waals surface area contributed by atoms with Crippen LogP contribution in [0.15, 0.2) is 54.7 Å². The Morgan fingerprint density at radius 3 is 2.76 bits per heavy atom. The smallest absolute Gasteiger partial charge is 0.262 e. The first-order valence-electron chi connectivity index (χ1n) is 6.77. The zero-order valence-electron chi connectivity index (χ0n) is 11.7. The number of carbonyl (C=O) groups is 1. The van der Waals surface area contributed by atoms with Crippen LogP contribution in [0.25, 0.3) is 10.9 Å². The minimum Gasteiger partial charge on any atom is -0.484 e. The first-order valence-corrected chi connectivity index (χ1v) is 6.77. The van der Waals surface area contributed by atoms with E-state index < -0.39 is 0 Å². The van der Waals surface area contributed by atoms with Crippen LogP contribution >= 0.6 is 0 Å². The highest BCUT2D eigenvalue weighted by molar-refractivity contribution is 5.94. The van der Waals surface area contributed by atoms with Gasteiger partial charge in [-0.1, -0.05) is 23.8 Å². The standard InChI is InChI=1S/C17H16N2O2/c1-12-2-6-15(7-3-12)21-11-17(20)19-14-5-4-13-8-9-18-16(13)10-14/h2-10,18H,11H2,1H3,(H,19,20). The molecule has 0 saturated heterocycles. The van der Waals surface area contributed by atoms with Gasteiger partial charge >= 0.3 is 0 Å². The molecule has 3 aromatic rings. The van der Waals surface area contributed by atoms with Crippen molar-refractivity contribution in [3.05, 3.63) is 60.3 Å². The predicted molar refractivity (Wildman–Crippen MR) is 83.6 cm³/mol. The number of carbonyl (C=O) groups excluding carboxylic acids is 1. The van der Waals surface area contributed by atoms with E-state index in [0.29, 0.717) is 5.75 Å². The third-order valence-corrected chi connectivity index (χ3v) is 3.23. The van der Waals surface area contributed by atoms with Crippen molar-refractivity contribution in [2.24, 2.45) is 0 Å². The summed E-state index contributed by atoms with van der Waals surface area (Å²) in [5, 5.41) is 3.94. The minimum atomic E-state index is -0.179. The number of rotatable bonds is 4. The van der Waals surface area contributed by atoms with Crippen LogP contribution in [0.4, 0.5) is 5.69 Å². The maximum atomic E-state index is 11.9. The summed E-state index contributed by atoms with van der Waals surface area (Å²) in [6, 6.07) is 15.3. The van der Waals surface area contributed by atoms with E-state index in [0.717, 1.165) is 22.2 Å². The summed E-state index contributed by atoms with van der Waals surface area (Å²) in [5.41, 5.74) is 2.90. The Labute approximate surface area is 122 Å². The van der Waals surface area contributed by atoms with Crippen LogP contribution in [0, 0.1) is 6.92 Å². The van der Waals surface area contributed by atoms with Crippen molar-refractivity contribution in [2.75, 3.05) is 11.9 Å². The molecule has 3 rings (SSSR count). The van der Waals surface area contributed by atoms with Crippen molar-refractivity contribution in [1.82, 2.24) is 4.98 Å². The highest BCUT2D eigenvalue weighted by Crippen LogP contribution is 2.17. The van der Waals surface area contributed by atoms with E-state index in [2.05, 4.69) is 10.3 Å². The quantitative estimate of drug-likeness (QED) is 0.768. The number of H-pyrrole nitrogens is 1. The summed E-state index contributed by atoms with van der Waals surface area (Å²) in [6.45, 7) is 2.00. The number of fused-ring (bicyclic) bond motifs is 1. The van der Waals surface area contributed by atoms with Gasteiger partial charge in [-0.15, -0.1) is 0 Å².